The molecule has 1 heterocycles. The highest BCUT2D eigenvalue weighted by molar-refractivity contribution is 5.93. The van der Waals surface area contributed by atoms with Gasteiger partial charge in [0.1, 0.15) is 0 Å². The summed E-state index contributed by atoms with van der Waals surface area (Å²) in [4.78, 5) is 11.0. The number of carbonyl (C=O) groups excluding carboxylic acids is 1. The molecule has 0 aliphatic carbocycles. The van der Waals surface area contributed by atoms with Crippen molar-refractivity contribution in [3.63, 3.8) is 0 Å². The summed E-state index contributed by atoms with van der Waals surface area (Å²) in [6, 6.07) is 6.08. The highest BCUT2D eigenvalue weighted by atomic mass is 16.1. The molecule has 0 saturated heterocycles. The summed E-state index contributed by atoms with van der Waals surface area (Å²) in [6.45, 7) is 3.10. The Kier molecular flexibility index (Phi) is 2.25. The molecule has 0 unspecified atom stereocenters. The van der Waals surface area contributed by atoms with Crippen LogP contribution in [0.1, 0.15) is 34.5 Å². The monoisotopic (exact) mass is 190 g/mol. The van der Waals surface area contributed by atoms with Crippen molar-refractivity contribution in [1.82, 2.24) is 5.32 Å². The lowest BCUT2D eigenvalue weighted by atomic mass is 9.93. The van der Waals surface area contributed by atoms with Crippen LogP contribution in [0.25, 0.3) is 0 Å². The molecule has 3 heteroatoms. The minimum absolute atomic E-state index is 0.348. The van der Waals surface area contributed by atoms with E-state index in [2.05, 4.69) is 12.2 Å². The first-order chi connectivity index (χ1) is 6.68. The zero-order valence-corrected chi connectivity index (χ0v) is 8.21. The van der Waals surface area contributed by atoms with Crippen LogP contribution in [0.2, 0.25) is 0 Å². The van der Waals surface area contributed by atoms with Gasteiger partial charge in [0.2, 0.25) is 5.91 Å². The van der Waals surface area contributed by atoms with Crippen LogP contribution in [0.15, 0.2) is 18.2 Å². The highest BCUT2D eigenvalue weighted by Gasteiger charge is 2.16. The molecule has 1 amide bonds. The largest absolute Gasteiger partial charge is 0.366 e. The quantitative estimate of drug-likeness (QED) is 0.694. The number of carbonyl (C=O) groups is 1. The molecule has 0 fully saturated rings. The fraction of sp³-hybridized carbons (Fsp3) is 0.364. The maximum atomic E-state index is 11.0. The van der Waals surface area contributed by atoms with Gasteiger partial charge < -0.3 is 11.1 Å². The van der Waals surface area contributed by atoms with Crippen LogP contribution in [-0.2, 0) is 6.42 Å². The average molecular weight is 190 g/mol. The van der Waals surface area contributed by atoms with E-state index in [0.717, 1.165) is 13.0 Å². The first-order valence-corrected chi connectivity index (χ1v) is 4.84. The minimum atomic E-state index is -0.348. The maximum absolute atomic E-state index is 11.0. The molecule has 1 atom stereocenters. The van der Waals surface area contributed by atoms with Gasteiger partial charge in [-0.25, -0.2) is 0 Å². The number of rotatable bonds is 1. The summed E-state index contributed by atoms with van der Waals surface area (Å²) in [5, 5.41) is 3.37. The second-order valence-electron chi connectivity index (χ2n) is 3.70. The van der Waals surface area contributed by atoms with Crippen molar-refractivity contribution in [3.05, 3.63) is 34.9 Å². The normalized spacial score (nSPS) is 20.2. The molecule has 0 bridgehead atoms. The van der Waals surface area contributed by atoms with Crippen molar-refractivity contribution in [2.24, 2.45) is 5.73 Å². The lowest BCUT2D eigenvalue weighted by Crippen LogP contribution is -2.28. The second-order valence-corrected chi connectivity index (χ2v) is 3.70. The number of primary amides is 1. The van der Waals surface area contributed by atoms with Crippen molar-refractivity contribution in [1.29, 1.82) is 0 Å². The van der Waals surface area contributed by atoms with E-state index in [1.165, 1.54) is 11.1 Å². The average Bonchev–Trinajstić information content (AvgIpc) is 2.17. The molecule has 1 aromatic carbocycles. The number of nitrogens with two attached hydrogens (primary N) is 1. The zero-order valence-electron chi connectivity index (χ0n) is 8.21. The first kappa shape index (κ1) is 9.21. The predicted octanol–water partition coefficient (Wildman–Crippen LogP) is 0.992. The zero-order chi connectivity index (χ0) is 10.1. The Hall–Kier alpha value is -1.35. The highest BCUT2D eigenvalue weighted by Crippen LogP contribution is 2.23. The third-order valence-electron chi connectivity index (χ3n) is 2.74. The Bertz CT molecular complexity index is 374. The Morgan fingerprint density at radius 3 is 3.07 bits per heavy atom. The molecule has 0 radical (unpaired) electrons. The topological polar surface area (TPSA) is 55.1 Å². The Morgan fingerprint density at radius 1 is 1.57 bits per heavy atom. The third-order valence-corrected chi connectivity index (χ3v) is 2.74. The van der Waals surface area contributed by atoms with Gasteiger partial charge in [0.15, 0.2) is 0 Å². The van der Waals surface area contributed by atoms with Crippen molar-refractivity contribution in [2.75, 3.05) is 6.54 Å². The molecule has 3 nitrogen and oxygen atoms in total. The molecule has 2 rings (SSSR count). The van der Waals surface area contributed by atoms with Gasteiger partial charge in [0.05, 0.1) is 0 Å². The van der Waals surface area contributed by atoms with E-state index in [0.29, 0.717) is 11.6 Å². The second kappa shape index (κ2) is 3.42. The van der Waals surface area contributed by atoms with Crippen LogP contribution < -0.4 is 11.1 Å². The van der Waals surface area contributed by atoms with E-state index in [1.54, 1.807) is 6.07 Å². The van der Waals surface area contributed by atoms with Gasteiger partial charge in [-0.1, -0.05) is 6.07 Å². The van der Waals surface area contributed by atoms with E-state index in [-0.39, 0.29) is 5.91 Å². The van der Waals surface area contributed by atoms with E-state index < -0.39 is 0 Å². The molecule has 0 spiro atoms. The SMILES string of the molecule is C[C@@H]1NCCc2cc(C(N)=O)ccc21. The van der Waals surface area contributed by atoms with Crippen LogP contribution in [0.5, 0.6) is 0 Å². The molecule has 0 saturated carbocycles. The molecular formula is C11H14N2O. The number of nitrogens with one attached hydrogen (secondary N) is 1. The lowest BCUT2D eigenvalue weighted by Gasteiger charge is -2.24. The fourth-order valence-corrected chi connectivity index (χ4v) is 1.93. The third kappa shape index (κ3) is 1.51. The minimum Gasteiger partial charge on any atom is -0.366 e. The Morgan fingerprint density at radius 2 is 2.36 bits per heavy atom. The molecule has 74 valence electrons. The first-order valence-electron chi connectivity index (χ1n) is 4.84. The summed E-state index contributed by atoms with van der Waals surface area (Å²) >= 11 is 0. The Balaban J connectivity index is 2.44. The van der Waals surface area contributed by atoms with Crippen LogP contribution in [0.3, 0.4) is 0 Å². The molecular weight excluding hydrogens is 176 g/mol. The van der Waals surface area contributed by atoms with Crippen LogP contribution in [0.4, 0.5) is 0 Å². The number of hydrogen-bond donors (Lipinski definition) is 2. The Labute approximate surface area is 83.3 Å². The van der Waals surface area contributed by atoms with Crippen LogP contribution >= 0.6 is 0 Å². The standard InChI is InChI=1S/C11H14N2O/c1-7-10-3-2-9(11(12)14)6-8(10)4-5-13-7/h2-3,6-7,13H,4-5H2,1H3,(H2,12,14)/t7-/m0/s1. The van der Waals surface area contributed by atoms with Crippen LogP contribution in [-0.4, -0.2) is 12.5 Å². The summed E-state index contributed by atoms with van der Waals surface area (Å²) in [5.74, 6) is -0.348. The molecule has 1 aliphatic rings. The van der Waals surface area contributed by atoms with Gasteiger partial charge in [0.25, 0.3) is 0 Å². The lowest BCUT2D eigenvalue weighted by molar-refractivity contribution is 0.1000. The van der Waals surface area contributed by atoms with Crippen molar-refractivity contribution < 1.29 is 4.79 Å². The van der Waals surface area contributed by atoms with E-state index >= 15 is 0 Å². The van der Waals surface area contributed by atoms with E-state index in [9.17, 15) is 4.79 Å². The van der Waals surface area contributed by atoms with E-state index in [4.69, 9.17) is 5.73 Å². The number of fused-ring (bicyclic) bond motifs is 1. The van der Waals surface area contributed by atoms with Gasteiger partial charge in [-0.2, -0.15) is 0 Å². The van der Waals surface area contributed by atoms with E-state index in [1.807, 2.05) is 12.1 Å². The van der Waals surface area contributed by atoms with Gasteiger partial charge in [-0.15, -0.1) is 0 Å². The number of benzene rings is 1. The fourth-order valence-electron chi connectivity index (χ4n) is 1.93. The van der Waals surface area contributed by atoms with Gasteiger partial charge >= 0.3 is 0 Å². The molecule has 1 aliphatic heterocycles. The predicted molar refractivity (Wildman–Crippen MR) is 55.1 cm³/mol. The van der Waals surface area contributed by atoms with Crippen LogP contribution in [0, 0.1) is 0 Å². The molecule has 1 aromatic rings. The van der Waals surface area contributed by atoms with Crippen molar-refractivity contribution >= 4 is 5.91 Å². The molecule has 3 N–H and O–H groups in total. The smallest absolute Gasteiger partial charge is 0.248 e. The van der Waals surface area contributed by atoms with Crippen molar-refractivity contribution in [3.8, 4) is 0 Å². The molecule has 14 heavy (non-hydrogen) atoms. The number of amides is 1. The summed E-state index contributed by atoms with van der Waals surface area (Å²) in [7, 11) is 0. The van der Waals surface area contributed by atoms with Gasteiger partial charge in [-0.3, -0.25) is 4.79 Å². The summed E-state index contributed by atoms with van der Waals surface area (Å²) in [6.07, 6.45) is 0.973. The molecule has 0 aromatic heterocycles. The number of hydrogen-bond acceptors (Lipinski definition) is 2. The summed E-state index contributed by atoms with van der Waals surface area (Å²) < 4.78 is 0. The maximum Gasteiger partial charge on any atom is 0.248 e. The van der Waals surface area contributed by atoms with Crippen molar-refractivity contribution in [2.45, 2.75) is 19.4 Å². The van der Waals surface area contributed by atoms with Gasteiger partial charge in [0, 0.05) is 11.6 Å². The summed E-state index contributed by atoms with van der Waals surface area (Å²) in [5.41, 5.74) is 8.36. The van der Waals surface area contributed by atoms with Gasteiger partial charge in [-0.05, 0) is 43.1 Å².